The van der Waals surface area contributed by atoms with Crippen LogP contribution in [0.25, 0.3) is 0 Å². The SMILES string of the molecule is CCC(=O)CN1CC(=O)N2CCCCC2C1=O. The number of nitrogens with zero attached hydrogens (tertiary/aromatic N) is 2. The Balaban J connectivity index is 2.08. The van der Waals surface area contributed by atoms with Crippen LogP contribution in [-0.4, -0.2) is 53.1 Å². The summed E-state index contributed by atoms with van der Waals surface area (Å²) in [5, 5.41) is 0. The van der Waals surface area contributed by atoms with Crippen LogP contribution < -0.4 is 0 Å². The Kier molecular flexibility index (Phi) is 3.45. The predicted octanol–water partition coefficient (Wildman–Crippen LogP) is 0.189. The lowest BCUT2D eigenvalue weighted by molar-refractivity contribution is -0.158. The van der Waals surface area contributed by atoms with E-state index in [1.165, 1.54) is 4.90 Å². The lowest BCUT2D eigenvalue weighted by Gasteiger charge is -2.42. The van der Waals surface area contributed by atoms with Crippen molar-refractivity contribution in [3.05, 3.63) is 0 Å². The molecule has 0 N–H and O–H groups in total. The molecule has 0 spiro atoms. The van der Waals surface area contributed by atoms with Gasteiger partial charge in [0.15, 0.2) is 5.78 Å². The lowest BCUT2D eigenvalue weighted by atomic mass is 9.98. The van der Waals surface area contributed by atoms with E-state index in [0.29, 0.717) is 13.0 Å². The summed E-state index contributed by atoms with van der Waals surface area (Å²) in [7, 11) is 0. The third-order valence-electron chi connectivity index (χ3n) is 3.51. The van der Waals surface area contributed by atoms with Crippen LogP contribution in [0.15, 0.2) is 0 Å². The van der Waals surface area contributed by atoms with Crippen LogP contribution in [0.2, 0.25) is 0 Å². The molecule has 2 heterocycles. The van der Waals surface area contributed by atoms with E-state index in [4.69, 9.17) is 0 Å². The molecule has 2 rings (SSSR count). The minimum atomic E-state index is -0.311. The molecule has 2 aliphatic rings. The molecule has 2 amide bonds. The summed E-state index contributed by atoms with van der Waals surface area (Å²) in [5.41, 5.74) is 0. The van der Waals surface area contributed by atoms with Gasteiger partial charge in [-0.15, -0.1) is 0 Å². The normalized spacial score (nSPS) is 24.9. The van der Waals surface area contributed by atoms with Gasteiger partial charge in [-0.2, -0.15) is 0 Å². The molecule has 0 saturated carbocycles. The summed E-state index contributed by atoms with van der Waals surface area (Å²) in [4.78, 5) is 38.5. The van der Waals surface area contributed by atoms with Gasteiger partial charge in [0.1, 0.15) is 12.6 Å². The maximum Gasteiger partial charge on any atom is 0.246 e. The molecule has 2 aliphatic heterocycles. The molecule has 0 aromatic carbocycles. The number of fused-ring (bicyclic) bond motifs is 1. The molecule has 0 radical (unpaired) electrons. The van der Waals surface area contributed by atoms with Crippen LogP contribution in [0.3, 0.4) is 0 Å². The van der Waals surface area contributed by atoms with Crippen LogP contribution in [0, 0.1) is 0 Å². The van der Waals surface area contributed by atoms with Gasteiger partial charge >= 0.3 is 0 Å². The first-order chi connectivity index (χ1) is 8.13. The molecule has 94 valence electrons. The fourth-order valence-electron chi connectivity index (χ4n) is 2.49. The number of hydrogen-bond acceptors (Lipinski definition) is 3. The van der Waals surface area contributed by atoms with E-state index in [-0.39, 0.29) is 36.7 Å². The molecule has 1 unspecified atom stereocenters. The van der Waals surface area contributed by atoms with Crippen molar-refractivity contribution in [2.24, 2.45) is 0 Å². The molecule has 1 atom stereocenters. The zero-order chi connectivity index (χ0) is 12.4. The Morgan fingerprint density at radius 1 is 1.35 bits per heavy atom. The van der Waals surface area contributed by atoms with E-state index in [0.717, 1.165) is 19.3 Å². The fraction of sp³-hybridized carbons (Fsp3) is 0.750. The van der Waals surface area contributed by atoms with Gasteiger partial charge in [-0.25, -0.2) is 0 Å². The summed E-state index contributed by atoms with van der Waals surface area (Å²) in [5.74, 6) is -0.0558. The van der Waals surface area contributed by atoms with Crippen LogP contribution in [0.1, 0.15) is 32.6 Å². The first-order valence-corrected chi connectivity index (χ1v) is 6.23. The van der Waals surface area contributed by atoms with E-state index < -0.39 is 0 Å². The molecule has 5 heteroatoms. The van der Waals surface area contributed by atoms with Crippen molar-refractivity contribution in [3.63, 3.8) is 0 Å². The monoisotopic (exact) mass is 238 g/mol. The quantitative estimate of drug-likeness (QED) is 0.705. The topological polar surface area (TPSA) is 57.7 Å². The number of rotatable bonds is 3. The number of hydrogen-bond donors (Lipinski definition) is 0. The van der Waals surface area contributed by atoms with Crippen molar-refractivity contribution >= 4 is 17.6 Å². The predicted molar refractivity (Wildman–Crippen MR) is 61.2 cm³/mol. The number of carbonyl (C=O) groups excluding carboxylic acids is 3. The van der Waals surface area contributed by atoms with Gasteiger partial charge in [-0.3, -0.25) is 14.4 Å². The molecular weight excluding hydrogens is 220 g/mol. The Bertz CT molecular complexity index is 354. The highest BCUT2D eigenvalue weighted by atomic mass is 16.2. The minimum Gasteiger partial charge on any atom is -0.329 e. The van der Waals surface area contributed by atoms with Gasteiger partial charge in [0.2, 0.25) is 11.8 Å². The molecule has 5 nitrogen and oxygen atoms in total. The third-order valence-corrected chi connectivity index (χ3v) is 3.51. The van der Waals surface area contributed by atoms with Crippen LogP contribution in [0.4, 0.5) is 0 Å². The second-order valence-electron chi connectivity index (χ2n) is 4.69. The van der Waals surface area contributed by atoms with Gasteiger partial charge in [-0.1, -0.05) is 6.92 Å². The van der Waals surface area contributed by atoms with E-state index in [1.807, 2.05) is 0 Å². The van der Waals surface area contributed by atoms with E-state index >= 15 is 0 Å². The zero-order valence-corrected chi connectivity index (χ0v) is 10.1. The highest BCUT2D eigenvalue weighted by molar-refractivity contribution is 5.97. The minimum absolute atomic E-state index is 0.00964. The maximum absolute atomic E-state index is 12.1. The Labute approximate surface area is 101 Å². The standard InChI is InChI=1S/C12H18N2O3/c1-2-9(15)7-13-8-11(16)14-6-4-3-5-10(14)12(13)17/h10H,2-8H2,1H3. The third kappa shape index (κ3) is 2.33. The van der Waals surface area contributed by atoms with Crippen molar-refractivity contribution in [2.75, 3.05) is 19.6 Å². The highest BCUT2D eigenvalue weighted by Crippen LogP contribution is 2.22. The first kappa shape index (κ1) is 12.1. The summed E-state index contributed by atoms with van der Waals surface area (Å²) < 4.78 is 0. The largest absolute Gasteiger partial charge is 0.329 e. The van der Waals surface area contributed by atoms with Crippen molar-refractivity contribution in [1.82, 2.24) is 9.80 Å². The number of amides is 2. The number of piperidine rings is 1. The average molecular weight is 238 g/mol. The molecule has 2 fully saturated rings. The van der Waals surface area contributed by atoms with Gasteiger partial charge in [0.25, 0.3) is 0 Å². The molecule has 0 aromatic heterocycles. The molecule has 0 aliphatic carbocycles. The second kappa shape index (κ2) is 4.85. The van der Waals surface area contributed by atoms with Gasteiger partial charge in [0, 0.05) is 13.0 Å². The molecule has 0 bridgehead atoms. The van der Waals surface area contributed by atoms with E-state index in [1.54, 1.807) is 11.8 Å². The number of piperazine rings is 1. The van der Waals surface area contributed by atoms with Crippen LogP contribution in [0.5, 0.6) is 0 Å². The Hall–Kier alpha value is -1.39. The first-order valence-electron chi connectivity index (χ1n) is 6.23. The molecule has 0 aromatic rings. The van der Waals surface area contributed by atoms with Crippen molar-refractivity contribution in [3.8, 4) is 0 Å². The average Bonchev–Trinajstić information content (AvgIpc) is 2.35. The smallest absolute Gasteiger partial charge is 0.246 e. The second-order valence-corrected chi connectivity index (χ2v) is 4.69. The van der Waals surface area contributed by atoms with Gasteiger partial charge in [-0.05, 0) is 19.3 Å². The Morgan fingerprint density at radius 3 is 2.82 bits per heavy atom. The molecular formula is C12H18N2O3. The number of carbonyl (C=O) groups is 3. The molecule has 2 saturated heterocycles. The molecule has 17 heavy (non-hydrogen) atoms. The highest BCUT2D eigenvalue weighted by Gasteiger charge is 2.40. The van der Waals surface area contributed by atoms with Crippen LogP contribution >= 0.6 is 0 Å². The van der Waals surface area contributed by atoms with Crippen molar-refractivity contribution in [1.29, 1.82) is 0 Å². The fourth-order valence-corrected chi connectivity index (χ4v) is 2.49. The van der Waals surface area contributed by atoms with E-state index in [2.05, 4.69) is 0 Å². The van der Waals surface area contributed by atoms with Gasteiger partial charge in [0.05, 0.1) is 6.54 Å². The lowest BCUT2D eigenvalue weighted by Crippen LogP contribution is -2.61. The van der Waals surface area contributed by atoms with Crippen LogP contribution in [-0.2, 0) is 14.4 Å². The maximum atomic E-state index is 12.1. The summed E-state index contributed by atoms with van der Waals surface area (Å²) in [6, 6.07) is -0.311. The zero-order valence-electron chi connectivity index (χ0n) is 10.1. The summed E-state index contributed by atoms with van der Waals surface area (Å²) in [6.07, 6.45) is 3.10. The summed E-state index contributed by atoms with van der Waals surface area (Å²) >= 11 is 0. The van der Waals surface area contributed by atoms with Crippen molar-refractivity contribution in [2.45, 2.75) is 38.6 Å². The van der Waals surface area contributed by atoms with Gasteiger partial charge < -0.3 is 9.80 Å². The Morgan fingerprint density at radius 2 is 2.12 bits per heavy atom. The number of Topliss-reactive ketones (excluding diaryl/α,β-unsaturated/α-hetero) is 1. The van der Waals surface area contributed by atoms with Crippen molar-refractivity contribution < 1.29 is 14.4 Å². The summed E-state index contributed by atoms with van der Waals surface area (Å²) in [6.45, 7) is 2.61. The number of ketones is 1. The van der Waals surface area contributed by atoms with E-state index in [9.17, 15) is 14.4 Å².